The van der Waals surface area contributed by atoms with Crippen molar-refractivity contribution in [2.45, 2.75) is 39.5 Å². The number of thiophene rings is 1. The van der Waals surface area contributed by atoms with Gasteiger partial charge in [-0.25, -0.2) is 9.59 Å². The van der Waals surface area contributed by atoms with Gasteiger partial charge < -0.3 is 24.1 Å². The van der Waals surface area contributed by atoms with Gasteiger partial charge in [0.05, 0.1) is 29.6 Å². The summed E-state index contributed by atoms with van der Waals surface area (Å²) in [6, 6.07) is 5.49. The number of nitrogens with one attached hydrogen (secondary N) is 1. The second-order valence-electron chi connectivity index (χ2n) is 7.72. The lowest BCUT2D eigenvalue weighted by Crippen LogP contribution is -2.17. The van der Waals surface area contributed by atoms with Crippen LogP contribution in [0.15, 0.2) is 23.4 Å². The molecule has 2 aromatic heterocycles. The number of carbonyl (C=O) groups is 3. The number of esters is 2. The molecule has 0 saturated carbocycles. The van der Waals surface area contributed by atoms with Crippen molar-refractivity contribution in [1.82, 2.24) is 14.8 Å². The van der Waals surface area contributed by atoms with E-state index in [-0.39, 0.29) is 46.9 Å². The molecule has 0 atom stereocenters. The van der Waals surface area contributed by atoms with Crippen LogP contribution in [0.25, 0.3) is 0 Å². The quantitative estimate of drug-likeness (QED) is 0.257. The van der Waals surface area contributed by atoms with Gasteiger partial charge in [0.25, 0.3) is 0 Å². The van der Waals surface area contributed by atoms with E-state index in [0.29, 0.717) is 27.3 Å². The van der Waals surface area contributed by atoms with E-state index in [1.165, 1.54) is 0 Å². The first-order valence-electron chi connectivity index (χ1n) is 11.3. The molecule has 0 bridgehead atoms. The Hall–Kier alpha value is -3.09. The third kappa shape index (κ3) is 7.02. The molecule has 0 radical (unpaired) electrons. The van der Waals surface area contributed by atoms with Crippen LogP contribution in [0.4, 0.5) is 5.00 Å². The number of nitrogens with zero attached hydrogens (tertiary/aromatic N) is 3. The van der Waals surface area contributed by atoms with Gasteiger partial charge in [0.1, 0.15) is 22.2 Å². The van der Waals surface area contributed by atoms with Crippen LogP contribution in [0, 0.1) is 13.8 Å². The molecule has 1 aromatic carbocycles. The van der Waals surface area contributed by atoms with Crippen LogP contribution in [0.5, 0.6) is 5.75 Å². The molecule has 2 heterocycles. The smallest absolute Gasteiger partial charge is 0.348 e. The fraction of sp³-hybridized carbons (Fsp3) is 0.375. The predicted molar refractivity (Wildman–Crippen MR) is 142 cm³/mol. The van der Waals surface area contributed by atoms with E-state index in [0.717, 1.165) is 28.7 Å². The minimum Gasteiger partial charge on any atom is -0.484 e. The van der Waals surface area contributed by atoms with Crippen molar-refractivity contribution < 1.29 is 28.6 Å². The zero-order valence-electron chi connectivity index (χ0n) is 21.0. The molecule has 0 aliphatic carbocycles. The van der Waals surface area contributed by atoms with Gasteiger partial charge in [0.2, 0.25) is 5.91 Å². The molecule has 0 unspecified atom stereocenters. The molecule has 1 N–H and O–H groups in total. The number of aromatic nitrogens is 3. The molecule has 37 heavy (non-hydrogen) atoms. The lowest BCUT2D eigenvalue weighted by Gasteiger charge is -2.09. The third-order valence-electron chi connectivity index (χ3n) is 5.04. The van der Waals surface area contributed by atoms with E-state index in [2.05, 4.69) is 15.5 Å². The molecular weight excluding hydrogens is 540 g/mol. The number of rotatable bonds is 11. The maximum Gasteiger partial charge on any atom is 0.348 e. The average Bonchev–Trinajstić information content (AvgIpc) is 3.37. The van der Waals surface area contributed by atoms with Gasteiger partial charge in [-0.1, -0.05) is 29.4 Å². The van der Waals surface area contributed by atoms with Crippen LogP contribution in [0.1, 0.15) is 50.8 Å². The fourth-order valence-electron chi connectivity index (χ4n) is 3.19. The Morgan fingerprint density at radius 2 is 1.81 bits per heavy atom. The van der Waals surface area contributed by atoms with Gasteiger partial charge >= 0.3 is 11.9 Å². The molecule has 0 spiro atoms. The maximum atomic E-state index is 12.7. The lowest BCUT2D eigenvalue weighted by molar-refractivity contribution is -0.113. The fourth-order valence-corrected chi connectivity index (χ4v) is 5.20. The Morgan fingerprint density at radius 1 is 1.11 bits per heavy atom. The van der Waals surface area contributed by atoms with Crippen molar-refractivity contribution in [3.05, 3.63) is 50.6 Å². The molecule has 3 rings (SSSR count). The average molecular weight is 567 g/mol. The third-order valence-corrected chi connectivity index (χ3v) is 7.56. The molecule has 3 aromatic rings. The summed E-state index contributed by atoms with van der Waals surface area (Å²) in [6.07, 6.45) is 0. The second kappa shape index (κ2) is 12.9. The first-order chi connectivity index (χ1) is 17.7. The monoisotopic (exact) mass is 566 g/mol. The second-order valence-corrected chi connectivity index (χ2v) is 10.1. The molecular formula is C24H27ClN4O6S2. The summed E-state index contributed by atoms with van der Waals surface area (Å²) >= 11 is 8.32. The van der Waals surface area contributed by atoms with Gasteiger partial charge in [-0.2, -0.15) is 0 Å². The van der Waals surface area contributed by atoms with Gasteiger partial charge in [0.15, 0.2) is 11.0 Å². The van der Waals surface area contributed by atoms with Crippen molar-refractivity contribution in [2.75, 3.05) is 24.3 Å². The van der Waals surface area contributed by atoms with Crippen LogP contribution in [0.3, 0.4) is 0 Å². The number of hydrogen-bond donors (Lipinski definition) is 1. The van der Waals surface area contributed by atoms with E-state index < -0.39 is 11.9 Å². The standard InChI is InChI=1S/C24H27ClN4O6S2/c1-6-33-22(31)19-14(4)20(23(32)34-7-2)37-21(19)26-18(30)12-36-24-28-27-17(29(24)5)11-35-16-10-13(3)8-9-15(16)25/h8-10H,6-7,11-12H2,1-5H3,(H,26,30). The van der Waals surface area contributed by atoms with Crippen LogP contribution < -0.4 is 10.1 Å². The summed E-state index contributed by atoms with van der Waals surface area (Å²) in [5, 5.41) is 12.2. The summed E-state index contributed by atoms with van der Waals surface area (Å²) in [6.45, 7) is 7.41. The molecule has 1 amide bonds. The lowest BCUT2D eigenvalue weighted by atomic mass is 10.1. The summed E-state index contributed by atoms with van der Waals surface area (Å²) in [4.78, 5) is 37.8. The summed E-state index contributed by atoms with van der Waals surface area (Å²) in [5.41, 5.74) is 1.55. The zero-order chi connectivity index (χ0) is 27.1. The summed E-state index contributed by atoms with van der Waals surface area (Å²) in [5.74, 6) is -0.487. The number of thioether (sulfide) groups is 1. The number of carbonyl (C=O) groups excluding carboxylic acids is 3. The molecule has 198 valence electrons. The predicted octanol–water partition coefficient (Wildman–Crippen LogP) is 4.81. The van der Waals surface area contributed by atoms with Crippen LogP contribution in [-0.4, -0.2) is 51.6 Å². The van der Waals surface area contributed by atoms with Crippen molar-refractivity contribution in [3.8, 4) is 5.75 Å². The highest BCUT2D eigenvalue weighted by Gasteiger charge is 2.27. The zero-order valence-corrected chi connectivity index (χ0v) is 23.4. The van der Waals surface area contributed by atoms with Crippen molar-refractivity contribution in [1.29, 1.82) is 0 Å². The number of ether oxygens (including phenoxy) is 3. The number of anilines is 1. The van der Waals surface area contributed by atoms with Crippen molar-refractivity contribution >= 4 is 57.5 Å². The molecule has 0 aliphatic rings. The Morgan fingerprint density at radius 3 is 2.51 bits per heavy atom. The Labute approximate surface area is 227 Å². The van der Waals surface area contributed by atoms with Gasteiger partial charge in [-0.3, -0.25) is 4.79 Å². The van der Waals surface area contributed by atoms with E-state index >= 15 is 0 Å². The van der Waals surface area contributed by atoms with E-state index in [4.69, 9.17) is 25.8 Å². The minimum atomic E-state index is -0.624. The molecule has 0 saturated heterocycles. The summed E-state index contributed by atoms with van der Waals surface area (Å²) < 4.78 is 17.7. The SMILES string of the molecule is CCOC(=O)c1sc(NC(=O)CSc2nnc(COc3cc(C)ccc3Cl)n2C)c(C(=O)OCC)c1C. The van der Waals surface area contributed by atoms with Crippen LogP contribution >= 0.6 is 34.7 Å². The van der Waals surface area contributed by atoms with Crippen molar-refractivity contribution in [2.24, 2.45) is 7.05 Å². The van der Waals surface area contributed by atoms with Gasteiger partial charge in [-0.05, 0) is 51.0 Å². The van der Waals surface area contributed by atoms with Gasteiger partial charge in [0, 0.05) is 7.05 Å². The number of hydrogen-bond acceptors (Lipinski definition) is 10. The Balaban J connectivity index is 1.67. The molecule has 0 fully saturated rings. The first-order valence-corrected chi connectivity index (χ1v) is 13.5. The number of aryl methyl sites for hydroxylation is 1. The molecule has 0 aliphatic heterocycles. The Bertz CT molecular complexity index is 1310. The highest BCUT2D eigenvalue weighted by molar-refractivity contribution is 7.99. The first kappa shape index (κ1) is 28.5. The number of halogens is 1. The van der Waals surface area contributed by atoms with E-state index in [1.54, 1.807) is 38.5 Å². The van der Waals surface area contributed by atoms with Crippen molar-refractivity contribution in [3.63, 3.8) is 0 Å². The normalized spacial score (nSPS) is 10.8. The number of amides is 1. The van der Waals surface area contributed by atoms with E-state index in [1.807, 2.05) is 19.1 Å². The summed E-state index contributed by atoms with van der Waals surface area (Å²) in [7, 11) is 1.77. The molecule has 13 heteroatoms. The topological polar surface area (TPSA) is 122 Å². The highest BCUT2D eigenvalue weighted by Crippen LogP contribution is 2.34. The highest BCUT2D eigenvalue weighted by atomic mass is 35.5. The molecule has 10 nitrogen and oxygen atoms in total. The largest absolute Gasteiger partial charge is 0.484 e. The maximum absolute atomic E-state index is 12.7. The minimum absolute atomic E-state index is 0.00943. The van der Waals surface area contributed by atoms with Crippen LogP contribution in [-0.2, 0) is 27.9 Å². The Kier molecular flexibility index (Phi) is 9.95. The van der Waals surface area contributed by atoms with E-state index in [9.17, 15) is 14.4 Å². The number of benzene rings is 1. The van der Waals surface area contributed by atoms with Gasteiger partial charge in [-0.15, -0.1) is 21.5 Å². The van der Waals surface area contributed by atoms with Crippen LogP contribution in [0.2, 0.25) is 5.02 Å².